The smallest absolute Gasteiger partial charge is 0.0280 e. The summed E-state index contributed by atoms with van der Waals surface area (Å²) in [5.41, 5.74) is 2.52. The molecular weight excluding hydrogens is 192 g/mol. The van der Waals surface area contributed by atoms with Gasteiger partial charge < -0.3 is 0 Å². The molecule has 86 valence electrons. The van der Waals surface area contributed by atoms with Crippen molar-refractivity contribution in [2.45, 2.75) is 46.0 Å². The quantitative estimate of drug-likeness (QED) is 0.652. The summed E-state index contributed by atoms with van der Waals surface area (Å²) in [7, 11) is 0. The first-order chi connectivity index (χ1) is 7.47. The molecule has 0 atom stereocenters. The summed E-state index contributed by atoms with van der Waals surface area (Å²) >= 11 is 0. The van der Waals surface area contributed by atoms with E-state index < -0.39 is 0 Å². The highest BCUT2D eigenvalue weighted by atomic mass is 14.3. The van der Waals surface area contributed by atoms with Crippen LogP contribution in [0.2, 0.25) is 0 Å². The van der Waals surface area contributed by atoms with Gasteiger partial charge in [-0.25, -0.2) is 0 Å². The molecule has 0 aromatic heterocycles. The van der Waals surface area contributed by atoms with Crippen LogP contribution >= 0.6 is 0 Å². The summed E-state index contributed by atoms with van der Waals surface area (Å²) in [6.45, 7) is 9.10. The van der Waals surface area contributed by atoms with E-state index in [1.54, 1.807) is 0 Å². The maximum Gasteiger partial charge on any atom is 0.0280 e. The van der Waals surface area contributed by atoms with Crippen molar-refractivity contribution in [2.24, 2.45) is 5.92 Å². The van der Waals surface area contributed by atoms with Crippen molar-refractivity contribution in [3.8, 4) is 12.3 Å². The Balaban J connectivity index is 2.93. The Hall–Kier alpha value is -1.22. The van der Waals surface area contributed by atoms with Crippen LogP contribution in [-0.2, 0) is 5.41 Å². The second kappa shape index (κ2) is 5.21. The number of hydrogen-bond acceptors (Lipinski definition) is 0. The minimum atomic E-state index is 0.174. The Kier molecular flexibility index (Phi) is 4.19. The fraction of sp³-hybridized carbons (Fsp3) is 0.500. The van der Waals surface area contributed by atoms with Gasteiger partial charge in [0.1, 0.15) is 0 Å². The van der Waals surface area contributed by atoms with Crippen LogP contribution in [0, 0.1) is 18.3 Å². The molecule has 0 unspecified atom stereocenters. The van der Waals surface area contributed by atoms with Gasteiger partial charge in [-0.1, -0.05) is 58.2 Å². The van der Waals surface area contributed by atoms with Gasteiger partial charge in [0.2, 0.25) is 0 Å². The number of hydrogen-bond donors (Lipinski definition) is 0. The standard InChI is InChI=1S/C16H22/c1-6-14-9-7-8-10-15(14)16(4,5)12-11-13(2)3/h1,7-10,13H,11-12H2,2-5H3. The lowest BCUT2D eigenvalue weighted by atomic mass is 9.77. The van der Waals surface area contributed by atoms with E-state index in [9.17, 15) is 0 Å². The third-order valence-corrected chi connectivity index (χ3v) is 3.16. The van der Waals surface area contributed by atoms with Crippen molar-refractivity contribution >= 4 is 0 Å². The van der Waals surface area contributed by atoms with Crippen LogP contribution in [0.15, 0.2) is 24.3 Å². The van der Waals surface area contributed by atoms with Crippen molar-refractivity contribution in [3.05, 3.63) is 35.4 Å². The highest BCUT2D eigenvalue weighted by Gasteiger charge is 2.22. The minimum absolute atomic E-state index is 0.174. The second-order valence-electron chi connectivity index (χ2n) is 5.51. The van der Waals surface area contributed by atoms with Gasteiger partial charge in [0.25, 0.3) is 0 Å². The van der Waals surface area contributed by atoms with Gasteiger partial charge in [0, 0.05) is 5.56 Å². The lowest BCUT2D eigenvalue weighted by molar-refractivity contribution is 0.414. The molecule has 0 saturated heterocycles. The third kappa shape index (κ3) is 3.14. The van der Waals surface area contributed by atoms with Crippen LogP contribution in [0.3, 0.4) is 0 Å². The molecule has 0 aliphatic carbocycles. The number of terminal acetylenes is 1. The van der Waals surface area contributed by atoms with Crippen molar-refractivity contribution in [3.63, 3.8) is 0 Å². The molecule has 0 spiro atoms. The normalized spacial score (nSPS) is 11.5. The molecular formula is C16H22. The average molecular weight is 214 g/mol. The predicted octanol–water partition coefficient (Wildman–Crippen LogP) is 4.38. The molecule has 16 heavy (non-hydrogen) atoms. The first-order valence-electron chi connectivity index (χ1n) is 6.03. The molecule has 0 aliphatic rings. The number of rotatable bonds is 4. The summed E-state index contributed by atoms with van der Waals surface area (Å²) in [4.78, 5) is 0. The molecule has 1 rings (SSSR count). The molecule has 0 heterocycles. The fourth-order valence-corrected chi connectivity index (χ4v) is 1.98. The monoisotopic (exact) mass is 214 g/mol. The van der Waals surface area contributed by atoms with Crippen molar-refractivity contribution in [2.75, 3.05) is 0 Å². The molecule has 0 amide bonds. The molecule has 0 N–H and O–H groups in total. The van der Waals surface area contributed by atoms with Crippen LogP contribution in [0.4, 0.5) is 0 Å². The Morgan fingerprint density at radius 1 is 1.25 bits per heavy atom. The van der Waals surface area contributed by atoms with Gasteiger partial charge in [-0.3, -0.25) is 0 Å². The minimum Gasteiger partial charge on any atom is -0.115 e. The molecule has 0 bridgehead atoms. The molecule has 0 heteroatoms. The van der Waals surface area contributed by atoms with E-state index in [2.05, 4.69) is 45.7 Å². The predicted molar refractivity (Wildman–Crippen MR) is 71.5 cm³/mol. The van der Waals surface area contributed by atoms with E-state index >= 15 is 0 Å². The van der Waals surface area contributed by atoms with E-state index in [1.165, 1.54) is 18.4 Å². The zero-order valence-electron chi connectivity index (χ0n) is 10.9. The van der Waals surface area contributed by atoms with Gasteiger partial charge in [-0.05, 0) is 29.4 Å². The average Bonchev–Trinajstić information content (AvgIpc) is 2.26. The van der Waals surface area contributed by atoms with Crippen LogP contribution in [0.5, 0.6) is 0 Å². The van der Waals surface area contributed by atoms with Crippen molar-refractivity contribution in [1.29, 1.82) is 0 Å². The molecule has 0 fully saturated rings. The van der Waals surface area contributed by atoms with Crippen molar-refractivity contribution in [1.82, 2.24) is 0 Å². The van der Waals surface area contributed by atoms with E-state index in [4.69, 9.17) is 6.42 Å². The van der Waals surface area contributed by atoms with Gasteiger partial charge in [-0.2, -0.15) is 0 Å². The maximum atomic E-state index is 5.55. The molecule has 0 radical (unpaired) electrons. The van der Waals surface area contributed by atoms with E-state index in [0.717, 1.165) is 11.5 Å². The summed E-state index contributed by atoms with van der Waals surface area (Å²) in [5, 5.41) is 0. The Bertz CT molecular complexity index is 377. The fourth-order valence-electron chi connectivity index (χ4n) is 1.98. The topological polar surface area (TPSA) is 0 Å². The van der Waals surface area contributed by atoms with E-state index in [-0.39, 0.29) is 5.41 Å². The molecule has 0 saturated carbocycles. The van der Waals surface area contributed by atoms with Crippen LogP contribution in [0.1, 0.15) is 51.7 Å². The zero-order valence-corrected chi connectivity index (χ0v) is 10.9. The lowest BCUT2D eigenvalue weighted by Gasteiger charge is -2.27. The highest BCUT2D eigenvalue weighted by molar-refractivity contribution is 5.43. The maximum absolute atomic E-state index is 5.55. The molecule has 0 aliphatic heterocycles. The molecule has 0 nitrogen and oxygen atoms in total. The van der Waals surface area contributed by atoms with Gasteiger partial charge in [-0.15, -0.1) is 6.42 Å². The summed E-state index contributed by atoms with van der Waals surface area (Å²) < 4.78 is 0. The summed E-state index contributed by atoms with van der Waals surface area (Å²) in [6, 6.07) is 8.28. The second-order valence-corrected chi connectivity index (χ2v) is 5.51. The lowest BCUT2D eigenvalue weighted by Crippen LogP contribution is -2.19. The third-order valence-electron chi connectivity index (χ3n) is 3.16. The van der Waals surface area contributed by atoms with Crippen LogP contribution in [0.25, 0.3) is 0 Å². The van der Waals surface area contributed by atoms with Gasteiger partial charge >= 0.3 is 0 Å². The van der Waals surface area contributed by atoms with Gasteiger partial charge in [0.15, 0.2) is 0 Å². The van der Waals surface area contributed by atoms with Crippen molar-refractivity contribution < 1.29 is 0 Å². The summed E-state index contributed by atoms with van der Waals surface area (Å²) in [5.74, 6) is 3.54. The first kappa shape index (κ1) is 12.8. The van der Waals surface area contributed by atoms with Crippen LogP contribution < -0.4 is 0 Å². The van der Waals surface area contributed by atoms with Gasteiger partial charge in [0.05, 0.1) is 0 Å². The van der Waals surface area contributed by atoms with E-state index in [1.807, 2.05) is 12.1 Å². The molecule has 1 aromatic rings. The Morgan fingerprint density at radius 3 is 2.44 bits per heavy atom. The first-order valence-corrected chi connectivity index (χ1v) is 6.03. The Labute approximate surface area is 100 Å². The highest BCUT2D eigenvalue weighted by Crippen LogP contribution is 2.31. The SMILES string of the molecule is C#Cc1ccccc1C(C)(C)CCC(C)C. The zero-order chi connectivity index (χ0) is 12.2. The largest absolute Gasteiger partial charge is 0.115 e. The number of benzene rings is 1. The van der Waals surface area contributed by atoms with E-state index in [0.29, 0.717) is 0 Å². The Morgan fingerprint density at radius 2 is 1.88 bits per heavy atom. The summed E-state index contributed by atoms with van der Waals surface area (Å²) in [6.07, 6.45) is 7.98. The van der Waals surface area contributed by atoms with Crippen LogP contribution in [-0.4, -0.2) is 0 Å². The molecule has 1 aromatic carbocycles.